The predicted molar refractivity (Wildman–Crippen MR) is 149 cm³/mol. The van der Waals surface area contributed by atoms with Crippen LogP contribution in [0.25, 0.3) is 10.9 Å². The van der Waals surface area contributed by atoms with Gasteiger partial charge in [0.25, 0.3) is 5.56 Å². The number of pyridine rings is 1. The summed E-state index contributed by atoms with van der Waals surface area (Å²) in [5.41, 5.74) is 0.952. The van der Waals surface area contributed by atoms with E-state index in [2.05, 4.69) is 20.6 Å². The highest BCUT2D eigenvalue weighted by molar-refractivity contribution is 7.92. The van der Waals surface area contributed by atoms with Crippen LogP contribution in [0.4, 0.5) is 31.9 Å². The highest BCUT2D eigenvalue weighted by Gasteiger charge is 2.51. The van der Waals surface area contributed by atoms with Crippen molar-refractivity contribution in [3.8, 4) is 5.75 Å². The molecular formula is C26H29ClF2N6O3S. The van der Waals surface area contributed by atoms with Crippen LogP contribution in [0, 0.1) is 5.92 Å². The van der Waals surface area contributed by atoms with Crippen molar-refractivity contribution in [1.82, 2.24) is 14.5 Å². The van der Waals surface area contributed by atoms with Crippen LogP contribution in [0.15, 0.2) is 29.2 Å². The molecule has 3 aliphatic rings. The number of aromatic nitrogens is 3. The first-order valence-electron chi connectivity index (χ1n) is 12.9. The molecule has 208 valence electrons. The summed E-state index contributed by atoms with van der Waals surface area (Å²) in [5.74, 6) is -2.56. The Kier molecular flexibility index (Phi) is 6.54. The number of alkyl halides is 2. The number of hydrogen-bond donors (Lipinski definition) is 2. The van der Waals surface area contributed by atoms with Crippen molar-refractivity contribution in [2.75, 3.05) is 35.2 Å². The first-order chi connectivity index (χ1) is 18.5. The van der Waals surface area contributed by atoms with Crippen LogP contribution in [-0.2, 0) is 18.2 Å². The molecule has 3 atom stereocenters. The van der Waals surface area contributed by atoms with Crippen molar-refractivity contribution < 1.29 is 18.1 Å². The van der Waals surface area contributed by atoms with Crippen molar-refractivity contribution >= 4 is 56.8 Å². The van der Waals surface area contributed by atoms with Crippen molar-refractivity contribution in [3.63, 3.8) is 0 Å². The van der Waals surface area contributed by atoms with Gasteiger partial charge in [0, 0.05) is 18.1 Å². The standard InChI is InChI=1S/C26H29ClF2N6O3S/c1-13-10-35(11-14(2)39(13)37)25-30-9-18(27)23(33-25)31-16-6-7-19-17(8-16)20-21(24(36)34(19)3)38-12-26(28,29)22(32-20)15-4-5-15/h6-9,13-15,22,32H,4-5,10-12H2,1-3H3,(H,30,31,33)/t13?,14?,22-,39?/m0/s1. The van der Waals surface area contributed by atoms with Crippen LogP contribution < -0.4 is 25.8 Å². The number of aryl methyl sites for hydroxylation is 1. The van der Waals surface area contributed by atoms with Crippen molar-refractivity contribution in [2.45, 2.75) is 49.2 Å². The molecule has 2 fully saturated rings. The lowest BCUT2D eigenvalue weighted by atomic mass is 10.0. The van der Waals surface area contributed by atoms with Gasteiger partial charge in [-0.15, -0.1) is 0 Å². The average molecular weight is 579 g/mol. The minimum atomic E-state index is -3.12. The fourth-order valence-electron chi connectivity index (χ4n) is 5.42. The summed E-state index contributed by atoms with van der Waals surface area (Å²) in [4.78, 5) is 24.1. The van der Waals surface area contributed by atoms with Crippen LogP contribution in [0.5, 0.6) is 5.75 Å². The van der Waals surface area contributed by atoms with Gasteiger partial charge in [-0.25, -0.2) is 13.8 Å². The van der Waals surface area contributed by atoms with Gasteiger partial charge < -0.3 is 29.4 Å². The molecule has 1 saturated carbocycles. The van der Waals surface area contributed by atoms with Crippen molar-refractivity contribution in [2.24, 2.45) is 13.0 Å². The molecule has 2 aliphatic heterocycles. The Morgan fingerprint density at radius 3 is 2.67 bits per heavy atom. The summed E-state index contributed by atoms with van der Waals surface area (Å²) in [7, 11) is 1.59. The van der Waals surface area contributed by atoms with Gasteiger partial charge in [0.1, 0.15) is 15.5 Å². The van der Waals surface area contributed by atoms with Gasteiger partial charge in [-0.3, -0.25) is 4.79 Å². The zero-order valence-corrected chi connectivity index (χ0v) is 23.3. The number of hydrogen-bond acceptors (Lipinski definition) is 8. The molecule has 0 amide bonds. The Morgan fingerprint density at radius 2 is 1.97 bits per heavy atom. The lowest BCUT2D eigenvalue weighted by molar-refractivity contribution is -0.0579. The summed E-state index contributed by atoms with van der Waals surface area (Å²) >= 11 is 5.53. The fraction of sp³-hybridized carbons (Fsp3) is 0.500. The molecule has 13 heteroatoms. The van der Waals surface area contributed by atoms with Crippen LogP contribution in [0.3, 0.4) is 0 Å². The lowest BCUT2D eigenvalue weighted by Gasteiger charge is -2.36. The summed E-state index contributed by atoms with van der Waals surface area (Å²) in [6.45, 7) is 4.16. The zero-order valence-electron chi connectivity index (χ0n) is 21.7. The molecule has 4 heterocycles. The lowest BCUT2D eigenvalue weighted by Crippen LogP contribution is -2.50. The van der Waals surface area contributed by atoms with E-state index in [1.807, 2.05) is 18.7 Å². The van der Waals surface area contributed by atoms with Gasteiger partial charge in [-0.05, 0) is 62.0 Å². The van der Waals surface area contributed by atoms with Crippen LogP contribution in [0.1, 0.15) is 26.7 Å². The molecular weight excluding hydrogens is 550 g/mol. The number of halogens is 3. The van der Waals surface area contributed by atoms with Crippen LogP contribution >= 0.6 is 11.6 Å². The number of benzene rings is 1. The molecule has 2 N–H and O–H groups in total. The molecule has 2 unspecified atom stereocenters. The van der Waals surface area contributed by atoms with E-state index in [-0.39, 0.29) is 27.9 Å². The minimum absolute atomic E-state index is 0.0200. The van der Waals surface area contributed by atoms with E-state index in [0.717, 1.165) is 0 Å². The second-order valence-corrected chi connectivity index (χ2v) is 13.3. The Labute approximate surface area is 232 Å². The summed E-state index contributed by atoms with van der Waals surface area (Å²) in [6.07, 6.45) is 2.93. The van der Waals surface area contributed by atoms with E-state index >= 15 is 0 Å². The highest BCUT2D eigenvalue weighted by atomic mass is 35.5. The molecule has 2 aromatic heterocycles. The number of rotatable bonds is 4. The SMILES string of the molecule is CC1CN(c2ncc(Cl)c(Nc3ccc4c(c3)c3c(c(=O)n4C)OCC(F)(F)[C@H](C4CC4)N3)n2)CC(C)[S+]1[O-]. The minimum Gasteiger partial charge on any atom is -0.616 e. The number of nitrogens with one attached hydrogen (secondary N) is 2. The normalized spacial score (nSPS) is 26.4. The number of nitrogens with zero attached hydrogens (tertiary/aromatic N) is 4. The van der Waals surface area contributed by atoms with E-state index in [9.17, 15) is 18.1 Å². The maximum Gasteiger partial charge on any atom is 0.301 e. The van der Waals surface area contributed by atoms with Gasteiger partial charge >= 0.3 is 5.92 Å². The molecule has 3 aromatic rings. The first kappa shape index (κ1) is 26.4. The summed E-state index contributed by atoms with van der Waals surface area (Å²) < 4.78 is 49.1. The van der Waals surface area contributed by atoms with Gasteiger partial charge in [-0.2, -0.15) is 4.98 Å². The van der Waals surface area contributed by atoms with Gasteiger partial charge in [0.2, 0.25) is 11.7 Å². The molecule has 0 radical (unpaired) electrons. The van der Waals surface area contributed by atoms with E-state index in [1.54, 1.807) is 25.2 Å². The Morgan fingerprint density at radius 1 is 1.26 bits per heavy atom. The zero-order chi connectivity index (χ0) is 27.6. The monoisotopic (exact) mass is 578 g/mol. The number of anilines is 4. The molecule has 1 aliphatic carbocycles. The second kappa shape index (κ2) is 9.67. The smallest absolute Gasteiger partial charge is 0.301 e. The largest absolute Gasteiger partial charge is 0.616 e. The quantitative estimate of drug-likeness (QED) is 0.442. The Bertz CT molecular complexity index is 1490. The third-order valence-electron chi connectivity index (χ3n) is 7.64. The molecule has 1 aromatic carbocycles. The van der Waals surface area contributed by atoms with Crippen LogP contribution in [0.2, 0.25) is 5.02 Å². The Balaban J connectivity index is 1.37. The molecule has 6 rings (SSSR count). The topological polar surface area (TPSA) is 107 Å². The molecule has 9 nitrogen and oxygen atoms in total. The molecule has 0 spiro atoms. The van der Waals surface area contributed by atoms with E-state index < -0.39 is 35.3 Å². The number of fused-ring (bicyclic) bond motifs is 3. The van der Waals surface area contributed by atoms with Crippen molar-refractivity contribution in [1.29, 1.82) is 0 Å². The first-order valence-corrected chi connectivity index (χ1v) is 14.6. The average Bonchev–Trinajstić information content (AvgIpc) is 3.74. The van der Waals surface area contributed by atoms with Crippen molar-refractivity contribution in [3.05, 3.63) is 39.8 Å². The third-order valence-corrected chi connectivity index (χ3v) is 9.80. The second-order valence-electron chi connectivity index (χ2n) is 10.7. The van der Waals surface area contributed by atoms with E-state index in [1.165, 1.54) is 10.8 Å². The summed E-state index contributed by atoms with van der Waals surface area (Å²) in [5, 5.41) is 7.03. The maximum atomic E-state index is 14.9. The van der Waals surface area contributed by atoms with Gasteiger partial charge in [-0.1, -0.05) is 11.6 Å². The van der Waals surface area contributed by atoms with Gasteiger partial charge in [0.05, 0.1) is 36.5 Å². The summed E-state index contributed by atoms with van der Waals surface area (Å²) in [6, 6.07) is 4.16. The van der Waals surface area contributed by atoms with Crippen LogP contribution in [-0.4, -0.2) is 61.2 Å². The molecule has 1 saturated heterocycles. The highest BCUT2D eigenvalue weighted by Crippen LogP contribution is 2.45. The predicted octanol–water partition coefficient (Wildman–Crippen LogP) is 4.29. The molecule has 39 heavy (non-hydrogen) atoms. The third kappa shape index (κ3) is 4.76. The van der Waals surface area contributed by atoms with Gasteiger partial charge in [0.15, 0.2) is 12.4 Å². The Hall–Kier alpha value is -2.83. The fourth-order valence-corrected chi connectivity index (χ4v) is 7.01. The maximum absolute atomic E-state index is 14.9. The van der Waals surface area contributed by atoms with E-state index in [0.29, 0.717) is 59.3 Å². The molecule has 0 bridgehead atoms. The van der Waals surface area contributed by atoms with E-state index in [4.69, 9.17) is 16.3 Å². The number of ether oxygens (including phenoxy) is 1.